The maximum atomic E-state index is 14.4. The summed E-state index contributed by atoms with van der Waals surface area (Å²) in [5.74, 6) is -9.83. The van der Waals surface area contributed by atoms with Gasteiger partial charge in [0.05, 0.1) is 13.2 Å². The van der Waals surface area contributed by atoms with Crippen LogP contribution < -0.4 is 20.1 Å². The molecule has 0 bridgehead atoms. The molecular weight excluding hydrogens is 408 g/mol. The summed E-state index contributed by atoms with van der Waals surface area (Å²) in [5, 5.41) is 5.02. The van der Waals surface area contributed by atoms with Crippen molar-refractivity contribution < 1.29 is 36.6 Å². The fraction of sp³-hybridized carbons (Fsp3) is 0.400. The molecule has 0 aliphatic carbocycles. The average Bonchev–Trinajstić information content (AvgIpc) is 2.74. The number of nitrogens with one attached hydrogen (secondary N) is 2. The predicted molar refractivity (Wildman–Crippen MR) is 102 cm³/mol. The molecule has 6 nitrogen and oxygen atoms in total. The summed E-state index contributed by atoms with van der Waals surface area (Å²) in [6, 6.07) is 0. The molecule has 30 heavy (non-hydrogen) atoms. The molecule has 0 unspecified atom stereocenters. The summed E-state index contributed by atoms with van der Waals surface area (Å²) in [5.41, 5.74) is 0. The predicted octanol–water partition coefficient (Wildman–Crippen LogP) is 3.17. The second-order valence-electron chi connectivity index (χ2n) is 6.02. The first-order valence-electron chi connectivity index (χ1n) is 9.25. The summed E-state index contributed by atoms with van der Waals surface area (Å²) in [4.78, 5) is 22.0. The lowest BCUT2D eigenvalue weighted by atomic mass is 10.2. The zero-order chi connectivity index (χ0) is 22.5. The molecule has 0 atom stereocenters. The zero-order valence-corrected chi connectivity index (χ0v) is 16.4. The van der Waals surface area contributed by atoms with Crippen molar-refractivity contribution in [2.24, 2.45) is 0 Å². The van der Waals surface area contributed by atoms with Crippen molar-refractivity contribution in [3.8, 4) is 11.5 Å². The summed E-state index contributed by atoms with van der Waals surface area (Å²) in [6.45, 7) is 6.77. The molecule has 166 valence electrons. The molecule has 0 saturated carbocycles. The highest BCUT2D eigenvalue weighted by molar-refractivity contribution is 5.87. The maximum Gasteiger partial charge on any atom is 0.243 e. The van der Waals surface area contributed by atoms with Crippen LogP contribution in [-0.2, 0) is 9.59 Å². The van der Waals surface area contributed by atoms with Crippen molar-refractivity contribution in [2.75, 3.05) is 26.3 Å². The fourth-order valence-corrected chi connectivity index (χ4v) is 2.22. The van der Waals surface area contributed by atoms with Gasteiger partial charge in [0, 0.05) is 13.1 Å². The summed E-state index contributed by atoms with van der Waals surface area (Å²) >= 11 is 0. The average molecular weight is 432 g/mol. The minimum Gasteiger partial charge on any atom is -0.487 e. The van der Waals surface area contributed by atoms with E-state index in [1.807, 2.05) is 0 Å². The molecule has 0 fully saturated rings. The molecule has 0 aliphatic rings. The summed E-state index contributed by atoms with van der Waals surface area (Å²) in [7, 11) is 0. The first-order chi connectivity index (χ1) is 14.3. The Morgan fingerprint density at radius 1 is 0.700 bits per heavy atom. The highest BCUT2D eigenvalue weighted by Gasteiger charge is 2.28. The van der Waals surface area contributed by atoms with Gasteiger partial charge >= 0.3 is 0 Å². The topological polar surface area (TPSA) is 76.7 Å². The molecule has 0 heterocycles. The van der Waals surface area contributed by atoms with Gasteiger partial charge in [-0.05, 0) is 37.8 Å². The van der Waals surface area contributed by atoms with Gasteiger partial charge in [0.25, 0.3) is 0 Å². The Labute approximate surface area is 171 Å². The molecule has 1 aromatic rings. The Morgan fingerprint density at radius 3 is 1.47 bits per heavy atom. The van der Waals surface area contributed by atoms with E-state index in [0.717, 1.165) is 12.2 Å². The summed E-state index contributed by atoms with van der Waals surface area (Å²) < 4.78 is 65.8. The van der Waals surface area contributed by atoms with Gasteiger partial charge < -0.3 is 20.1 Å². The molecule has 2 amide bonds. The maximum absolute atomic E-state index is 14.4. The van der Waals surface area contributed by atoms with Crippen molar-refractivity contribution in [2.45, 2.75) is 25.7 Å². The van der Waals surface area contributed by atoms with Crippen molar-refractivity contribution in [1.29, 1.82) is 0 Å². The Morgan fingerprint density at radius 2 is 1.10 bits per heavy atom. The molecule has 0 aromatic heterocycles. The van der Waals surface area contributed by atoms with E-state index in [9.17, 15) is 27.2 Å². The minimum atomic E-state index is -1.90. The zero-order valence-electron chi connectivity index (χ0n) is 16.4. The number of rotatable bonds is 14. The van der Waals surface area contributed by atoms with Crippen LogP contribution in [0.3, 0.4) is 0 Å². The number of unbranched alkanes of at least 4 members (excludes halogenated alkanes) is 2. The third-order valence-electron chi connectivity index (χ3n) is 3.79. The SMILES string of the molecule is C=CC(=O)NCCCCOc1c(F)c(F)c(F)c(OCCCCNC(=O)C=C)c1F. The van der Waals surface area contributed by atoms with Crippen molar-refractivity contribution in [3.05, 3.63) is 48.6 Å². The highest BCUT2D eigenvalue weighted by atomic mass is 19.2. The van der Waals surface area contributed by atoms with Crippen LogP contribution in [0.1, 0.15) is 25.7 Å². The first kappa shape index (κ1) is 25.0. The molecule has 10 heteroatoms. The number of halogens is 4. The molecule has 0 aliphatic heterocycles. The van der Waals surface area contributed by atoms with Crippen molar-refractivity contribution >= 4 is 11.8 Å². The normalized spacial score (nSPS) is 10.3. The van der Waals surface area contributed by atoms with E-state index < -0.39 is 34.8 Å². The van der Waals surface area contributed by atoms with Crippen LogP contribution in [0.15, 0.2) is 25.3 Å². The molecule has 0 radical (unpaired) electrons. The van der Waals surface area contributed by atoms with Gasteiger partial charge in [-0.25, -0.2) is 4.39 Å². The molecule has 1 rings (SSSR count). The van der Waals surface area contributed by atoms with E-state index in [1.165, 1.54) is 0 Å². The van der Waals surface area contributed by atoms with Crippen LogP contribution in [0.4, 0.5) is 17.6 Å². The minimum absolute atomic E-state index is 0.189. The van der Waals surface area contributed by atoms with Crippen LogP contribution in [0.25, 0.3) is 0 Å². The summed E-state index contributed by atoms with van der Waals surface area (Å²) in [6.07, 6.45) is 3.64. The van der Waals surface area contributed by atoms with Crippen LogP contribution in [0, 0.1) is 23.3 Å². The van der Waals surface area contributed by atoms with Gasteiger partial charge in [0.2, 0.25) is 35.1 Å². The Balaban J connectivity index is 2.59. The Hall–Kier alpha value is -3.04. The lowest BCUT2D eigenvalue weighted by Crippen LogP contribution is -2.22. The van der Waals surface area contributed by atoms with Crippen LogP contribution in [0.2, 0.25) is 0 Å². The second kappa shape index (κ2) is 13.2. The largest absolute Gasteiger partial charge is 0.487 e. The van der Waals surface area contributed by atoms with Crippen LogP contribution in [-0.4, -0.2) is 38.1 Å². The quantitative estimate of drug-likeness (QED) is 0.156. The Bertz CT molecular complexity index is 713. The second-order valence-corrected chi connectivity index (χ2v) is 6.02. The number of amides is 2. The van der Waals surface area contributed by atoms with Gasteiger partial charge in [-0.15, -0.1) is 0 Å². The highest BCUT2D eigenvalue weighted by Crippen LogP contribution is 2.35. The number of hydrogen-bond acceptors (Lipinski definition) is 4. The van der Waals surface area contributed by atoms with E-state index in [1.54, 1.807) is 0 Å². The number of benzene rings is 1. The van der Waals surface area contributed by atoms with Crippen molar-refractivity contribution in [3.63, 3.8) is 0 Å². The van der Waals surface area contributed by atoms with E-state index >= 15 is 0 Å². The van der Waals surface area contributed by atoms with E-state index in [-0.39, 0.29) is 25.0 Å². The molecule has 2 N–H and O–H groups in total. The van der Waals surface area contributed by atoms with Gasteiger partial charge in [0.15, 0.2) is 11.5 Å². The van der Waals surface area contributed by atoms with Gasteiger partial charge in [-0.3, -0.25) is 9.59 Å². The van der Waals surface area contributed by atoms with E-state index in [2.05, 4.69) is 23.8 Å². The standard InChI is InChI=1S/C20H24F4N2O4/c1-3-13(27)25-9-5-7-11-29-19-16(22)15(21)17(23)20(18(19)24)30-12-8-6-10-26-14(28)4-2/h3-4H,1-2,5-12H2,(H,25,27)(H,26,28). The van der Waals surface area contributed by atoms with Gasteiger partial charge in [-0.1, -0.05) is 13.2 Å². The van der Waals surface area contributed by atoms with Crippen molar-refractivity contribution in [1.82, 2.24) is 10.6 Å². The van der Waals surface area contributed by atoms with E-state index in [4.69, 9.17) is 9.47 Å². The number of hydrogen-bond donors (Lipinski definition) is 2. The lowest BCUT2D eigenvalue weighted by Gasteiger charge is -2.14. The monoisotopic (exact) mass is 432 g/mol. The molecular formula is C20H24F4N2O4. The van der Waals surface area contributed by atoms with E-state index in [0.29, 0.717) is 38.8 Å². The fourth-order valence-electron chi connectivity index (χ4n) is 2.22. The van der Waals surface area contributed by atoms with Crippen LogP contribution >= 0.6 is 0 Å². The molecule has 0 saturated heterocycles. The third kappa shape index (κ3) is 7.76. The molecule has 1 aromatic carbocycles. The number of ether oxygens (including phenoxy) is 2. The number of carbonyl (C=O) groups is 2. The number of carbonyl (C=O) groups excluding carboxylic acids is 2. The smallest absolute Gasteiger partial charge is 0.243 e. The van der Waals surface area contributed by atoms with Gasteiger partial charge in [0.1, 0.15) is 0 Å². The lowest BCUT2D eigenvalue weighted by molar-refractivity contribution is -0.117. The Kier molecular flexibility index (Phi) is 11.0. The third-order valence-corrected chi connectivity index (χ3v) is 3.79. The van der Waals surface area contributed by atoms with Gasteiger partial charge in [-0.2, -0.15) is 13.2 Å². The first-order valence-corrected chi connectivity index (χ1v) is 9.25. The molecule has 0 spiro atoms. The van der Waals surface area contributed by atoms with Crippen LogP contribution in [0.5, 0.6) is 11.5 Å².